The first kappa shape index (κ1) is 44.8. The van der Waals surface area contributed by atoms with E-state index >= 15 is 0 Å². The fourth-order valence-corrected chi connectivity index (χ4v) is 10.3. The molecule has 0 radical (unpaired) electrons. The summed E-state index contributed by atoms with van der Waals surface area (Å²) in [6.45, 7) is 22.8. The van der Waals surface area contributed by atoms with Gasteiger partial charge >= 0.3 is 0 Å². The minimum atomic E-state index is -0.211. The molecule has 2 heterocycles. The lowest BCUT2D eigenvalue weighted by molar-refractivity contribution is 0.318. The third kappa shape index (κ3) is 8.14. The molecule has 4 heteroatoms. The van der Waals surface area contributed by atoms with Gasteiger partial charge in [-0.25, -0.2) is 4.98 Å². The average Bonchev–Trinajstić information content (AvgIpc) is 3.72. The van der Waals surface area contributed by atoms with Crippen molar-refractivity contribution in [2.45, 2.75) is 104 Å². The van der Waals surface area contributed by atoms with Gasteiger partial charge in [-0.15, -0.1) is 0 Å². The Bertz CT molecular complexity index is 3340. The minimum Gasteiger partial charge on any atom is -0.507 e. The largest absolute Gasteiger partial charge is 0.507 e. The molecule has 0 atom stereocenters. The fraction of sp³-hybridized carbons (Fsp3) is 0.250. The Kier molecular flexibility index (Phi) is 10.9. The highest BCUT2D eigenvalue weighted by molar-refractivity contribution is 5.98. The molecule has 0 spiro atoms. The molecule has 1 N–H and O–H groups in total. The number of aromatic hydroxyl groups is 1. The maximum Gasteiger partial charge on any atom is 0.149 e. The number of fused-ring (bicyclic) bond motifs is 2. The van der Waals surface area contributed by atoms with Gasteiger partial charge in [0, 0.05) is 28.5 Å². The molecule has 1 aliphatic rings. The molecule has 0 unspecified atom stereocenters. The predicted octanol–water partition coefficient (Wildman–Crippen LogP) is 17.1. The van der Waals surface area contributed by atoms with Crippen molar-refractivity contribution in [2.24, 2.45) is 0 Å². The number of benzene rings is 7. The van der Waals surface area contributed by atoms with Gasteiger partial charge in [-0.2, -0.15) is 0 Å². The number of aromatic nitrogens is 3. The first-order chi connectivity index (χ1) is 32.4. The molecule has 340 valence electrons. The molecule has 68 heavy (non-hydrogen) atoms. The summed E-state index contributed by atoms with van der Waals surface area (Å²) in [5, 5.41) is 12.8. The Morgan fingerprint density at radius 2 is 1.10 bits per heavy atom. The lowest BCUT2D eigenvalue weighted by Crippen LogP contribution is -2.34. The molecule has 0 saturated heterocycles. The van der Waals surface area contributed by atoms with Gasteiger partial charge in [0.15, 0.2) is 0 Å². The summed E-state index contributed by atoms with van der Waals surface area (Å²) >= 11 is 0. The molecule has 4 nitrogen and oxygen atoms in total. The Hall–Kier alpha value is -7.04. The zero-order chi connectivity index (χ0) is 47.8. The van der Waals surface area contributed by atoms with E-state index in [2.05, 4.69) is 238 Å². The smallest absolute Gasteiger partial charge is 0.149 e. The van der Waals surface area contributed by atoms with Crippen LogP contribution in [0.5, 0.6) is 5.75 Å². The van der Waals surface area contributed by atoms with Crippen molar-refractivity contribution in [1.82, 2.24) is 14.5 Å². The van der Waals surface area contributed by atoms with Gasteiger partial charge in [0.1, 0.15) is 11.6 Å². The van der Waals surface area contributed by atoms with Crippen LogP contribution in [-0.2, 0) is 21.7 Å². The molecular formula is C64H63N3O. The molecule has 2 aromatic heterocycles. The van der Waals surface area contributed by atoms with Gasteiger partial charge in [-0.3, -0.25) is 9.55 Å². The van der Waals surface area contributed by atoms with Gasteiger partial charge in [-0.1, -0.05) is 184 Å². The second kappa shape index (κ2) is 16.6. The summed E-state index contributed by atoms with van der Waals surface area (Å²) in [5.41, 5.74) is 18.7. The van der Waals surface area contributed by atoms with E-state index < -0.39 is 0 Å². The van der Waals surface area contributed by atoms with Crippen LogP contribution in [0.4, 0.5) is 0 Å². The van der Waals surface area contributed by atoms with Crippen LogP contribution < -0.4 is 0 Å². The first-order valence-corrected chi connectivity index (χ1v) is 24.2. The van der Waals surface area contributed by atoms with Crippen LogP contribution in [0, 0.1) is 0 Å². The molecule has 0 saturated carbocycles. The van der Waals surface area contributed by atoms with E-state index in [1.54, 1.807) is 0 Å². The number of rotatable bonds is 7. The van der Waals surface area contributed by atoms with E-state index in [1.807, 2.05) is 6.20 Å². The van der Waals surface area contributed by atoms with Gasteiger partial charge in [-0.05, 0) is 133 Å². The summed E-state index contributed by atoms with van der Waals surface area (Å²) in [7, 11) is 0. The lowest BCUT2D eigenvalue weighted by Gasteiger charge is -2.42. The van der Waals surface area contributed by atoms with E-state index in [1.165, 1.54) is 27.8 Å². The SMILES string of the molecule is CC(C)(C)c1cc(-c2cc(-c3ccc(-c4ccccc4)cc3)ccn2)cc(-c2cccc3c2nc(-c2ccc4c(c2O)C(C)(C)CCC4(C)C)n3-c2ccc(C(C)(C)C)cc2-c2ccccc2)c1. The Balaban J connectivity index is 1.20. The second-order valence-electron chi connectivity index (χ2n) is 22.4. The third-order valence-electron chi connectivity index (χ3n) is 14.6. The normalized spacial score (nSPS) is 14.5. The number of imidazole rings is 1. The molecular weight excluding hydrogens is 827 g/mol. The minimum absolute atomic E-state index is 0.0609. The summed E-state index contributed by atoms with van der Waals surface area (Å²) < 4.78 is 2.30. The van der Waals surface area contributed by atoms with Crippen molar-refractivity contribution in [3.05, 3.63) is 192 Å². The molecule has 7 aromatic carbocycles. The molecule has 9 aromatic rings. The van der Waals surface area contributed by atoms with Gasteiger partial charge in [0.2, 0.25) is 0 Å². The predicted molar refractivity (Wildman–Crippen MR) is 286 cm³/mol. The topological polar surface area (TPSA) is 50.9 Å². The van der Waals surface area contributed by atoms with Crippen LogP contribution >= 0.6 is 0 Å². The Morgan fingerprint density at radius 1 is 0.485 bits per heavy atom. The van der Waals surface area contributed by atoms with E-state index in [-0.39, 0.29) is 21.7 Å². The quantitative estimate of drug-likeness (QED) is 0.173. The van der Waals surface area contributed by atoms with Crippen LogP contribution in [0.15, 0.2) is 170 Å². The van der Waals surface area contributed by atoms with Crippen LogP contribution in [0.2, 0.25) is 0 Å². The van der Waals surface area contributed by atoms with Gasteiger partial charge in [0.05, 0.1) is 28.0 Å². The lowest BCUT2D eigenvalue weighted by atomic mass is 9.62. The number of phenols is 1. The first-order valence-electron chi connectivity index (χ1n) is 24.2. The highest BCUT2D eigenvalue weighted by Crippen LogP contribution is 2.52. The van der Waals surface area contributed by atoms with Gasteiger partial charge in [0.25, 0.3) is 0 Å². The summed E-state index contributed by atoms with van der Waals surface area (Å²) in [4.78, 5) is 10.7. The number of hydrogen-bond donors (Lipinski definition) is 1. The third-order valence-corrected chi connectivity index (χ3v) is 14.6. The number of hydrogen-bond acceptors (Lipinski definition) is 3. The highest BCUT2D eigenvalue weighted by atomic mass is 16.3. The highest BCUT2D eigenvalue weighted by Gasteiger charge is 2.40. The maximum atomic E-state index is 12.8. The maximum absolute atomic E-state index is 12.8. The molecule has 10 rings (SSSR count). The summed E-state index contributed by atoms with van der Waals surface area (Å²) in [6, 6.07) is 59.0. The van der Waals surface area contributed by atoms with Crippen LogP contribution in [0.1, 0.15) is 104 Å². The molecule has 0 amide bonds. The number of nitrogens with zero attached hydrogens (tertiary/aromatic N) is 3. The van der Waals surface area contributed by atoms with Crippen molar-refractivity contribution in [3.63, 3.8) is 0 Å². The monoisotopic (exact) mass is 889 g/mol. The number of para-hydroxylation sites is 1. The molecule has 0 bridgehead atoms. The van der Waals surface area contributed by atoms with Crippen molar-refractivity contribution in [3.8, 4) is 78.6 Å². The zero-order valence-electron chi connectivity index (χ0n) is 41.4. The van der Waals surface area contributed by atoms with E-state index in [0.29, 0.717) is 11.6 Å². The van der Waals surface area contributed by atoms with Crippen molar-refractivity contribution in [2.75, 3.05) is 0 Å². The molecule has 0 fully saturated rings. The number of phenolic OH excluding ortho intramolecular Hbond substituents is 1. The van der Waals surface area contributed by atoms with Crippen LogP contribution in [-0.4, -0.2) is 19.6 Å². The standard InChI is InChI=1S/C64H63N3O/c1-61(2,3)48-28-31-55(52(40-48)44-20-15-12-16-21-44)67-56-23-17-22-50(58(56)66-60(67)51-29-30-53-57(59(51)68)64(9,10)34-33-63(53,7)8)46-36-47(38-49(37-46)62(4,5)6)54-39-45(32-35-65-54)43-26-24-42(25-27-43)41-18-13-11-14-19-41/h11-32,35-40,68H,33-34H2,1-10H3. The molecule has 0 aliphatic heterocycles. The van der Waals surface area contributed by atoms with Crippen molar-refractivity contribution < 1.29 is 5.11 Å². The Morgan fingerprint density at radius 3 is 1.78 bits per heavy atom. The summed E-state index contributed by atoms with van der Waals surface area (Å²) in [5.74, 6) is 1.04. The zero-order valence-corrected chi connectivity index (χ0v) is 41.4. The molecule has 1 aliphatic carbocycles. The van der Waals surface area contributed by atoms with Gasteiger partial charge < -0.3 is 5.11 Å². The van der Waals surface area contributed by atoms with E-state index in [0.717, 1.165) is 85.3 Å². The van der Waals surface area contributed by atoms with Crippen LogP contribution in [0.25, 0.3) is 83.9 Å². The average molecular weight is 890 g/mol. The van der Waals surface area contributed by atoms with E-state index in [9.17, 15) is 5.11 Å². The van der Waals surface area contributed by atoms with E-state index in [4.69, 9.17) is 9.97 Å². The summed E-state index contributed by atoms with van der Waals surface area (Å²) in [6.07, 6.45) is 3.98. The number of pyridine rings is 1. The van der Waals surface area contributed by atoms with Crippen molar-refractivity contribution >= 4 is 11.0 Å². The second-order valence-corrected chi connectivity index (χ2v) is 22.4. The van der Waals surface area contributed by atoms with Crippen molar-refractivity contribution in [1.29, 1.82) is 0 Å². The van der Waals surface area contributed by atoms with Crippen LogP contribution in [0.3, 0.4) is 0 Å². The fourth-order valence-electron chi connectivity index (χ4n) is 10.3. The Labute approximate surface area is 403 Å².